The van der Waals surface area contributed by atoms with Crippen molar-refractivity contribution in [2.24, 2.45) is 5.41 Å². The third-order valence-electron chi connectivity index (χ3n) is 8.74. The van der Waals surface area contributed by atoms with Crippen molar-refractivity contribution in [3.05, 3.63) is 70.8 Å². The van der Waals surface area contributed by atoms with Gasteiger partial charge in [-0.3, -0.25) is 0 Å². The molecule has 16 heteroatoms. The minimum atomic E-state index is -4.64. The predicted molar refractivity (Wildman–Crippen MR) is 201 cm³/mol. The van der Waals surface area contributed by atoms with Gasteiger partial charge in [0.25, 0.3) is 0 Å². The molecule has 0 amide bonds. The normalized spacial score (nSPS) is 12.1. The van der Waals surface area contributed by atoms with Crippen molar-refractivity contribution in [1.29, 1.82) is 0 Å². The van der Waals surface area contributed by atoms with Crippen LogP contribution in [-0.4, -0.2) is 74.5 Å². The van der Waals surface area contributed by atoms with Crippen molar-refractivity contribution >= 4 is 25.0 Å². The number of phosphoric acid groups is 1. The summed E-state index contributed by atoms with van der Waals surface area (Å²) < 4.78 is 12.5. The van der Waals surface area contributed by atoms with Gasteiger partial charge >= 0.3 is 25.0 Å². The lowest BCUT2D eigenvalue weighted by molar-refractivity contribution is -0.136. The van der Waals surface area contributed by atoms with Crippen molar-refractivity contribution in [2.75, 3.05) is 19.8 Å². The number of hydrogen-bond donors (Lipinski definition) is 11. The van der Waals surface area contributed by atoms with Gasteiger partial charge in [0.15, 0.2) is 0 Å². The number of benzene rings is 2. The maximum Gasteiger partial charge on any atom is 0.466 e. The molecule has 2 aromatic carbocycles. The van der Waals surface area contributed by atoms with E-state index in [0.29, 0.717) is 11.1 Å². The Kier molecular flexibility index (Phi) is 28.0. The monoisotopic (exact) mass is 784 g/mol. The zero-order valence-electron chi connectivity index (χ0n) is 30.1. The molecular formula is C35H63O13P3. The molecule has 0 saturated carbocycles. The second-order valence-corrected chi connectivity index (χ2v) is 15.3. The van der Waals surface area contributed by atoms with E-state index in [1.807, 2.05) is 48.5 Å². The van der Waals surface area contributed by atoms with Crippen LogP contribution in [-0.2, 0) is 27.3 Å². The first-order valence-corrected chi connectivity index (χ1v) is 21.6. The molecule has 2 rings (SSSR count). The van der Waals surface area contributed by atoms with E-state index >= 15 is 0 Å². The molecule has 296 valence electrons. The Morgan fingerprint density at radius 3 is 1.14 bits per heavy atom. The topological polar surface area (TPSA) is 249 Å². The summed E-state index contributed by atoms with van der Waals surface area (Å²) in [5.41, 5.74) is 0.124. The number of aliphatic hydroxyl groups is 4. The molecule has 11 N–H and O–H groups in total. The van der Waals surface area contributed by atoms with Gasteiger partial charge in [0.05, 0.1) is 25.2 Å². The fourth-order valence-electron chi connectivity index (χ4n) is 6.00. The van der Waals surface area contributed by atoms with E-state index < -0.39 is 55.9 Å². The molecule has 0 aliphatic carbocycles. The average molecular weight is 785 g/mol. The van der Waals surface area contributed by atoms with E-state index in [-0.39, 0.29) is 0 Å². The first-order valence-electron chi connectivity index (χ1n) is 17.7. The Labute approximate surface area is 306 Å². The molecule has 0 bridgehead atoms. The summed E-state index contributed by atoms with van der Waals surface area (Å²) in [6, 6.07) is 15.7. The molecular weight excluding hydrogens is 721 g/mol. The van der Waals surface area contributed by atoms with Crippen LogP contribution in [0.3, 0.4) is 0 Å². The molecule has 51 heavy (non-hydrogen) atoms. The minimum absolute atomic E-state index is 0.534. The lowest BCUT2D eigenvalue weighted by Gasteiger charge is -2.46. The molecule has 13 nitrogen and oxygen atoms in total. The molecule has 0 aromatic heterocycles. The fourth-order valence-corrected chi connectivity index (χ4v) is 6.53. The highest BCUT2D eigenvalue weighted by atomic mass is 31.2. The Bertz CT molecular complexity index is 1110. The number of aryl methyl sites for hydroxylation is 2. The SMILES string of the molecule is CCCCCCCCCc1ccccc1C(O)(c1ccccc1CCCCCCCCC)C(CO)(CO)CO.O=P(O)(O)O.OP(O)OP(O)O. The highest BCUT2D eigenvalue weighted by Crippen LogP contribution is 2.48. The maximum atomic E-state index is 12.7. The van der Waals surface area contributed by atoms with E-state index in [2.05, 4.69) is 18.2 Å². The molecule has 0 radical (unpaired) electrons. The van der Waals surface area contributed by atoms with Crippen LogP contribution < -0.4 is 0 Å². The highest BCUT2D eigenvalue weighted by Gasteiger charge is 2.53. The largest absolute Gasteiger partial charge is 0.466 e. The molecule has 0 atom stereocenters. The smallest absolute Gasteiger partial charge is 0.395 e. The van der Waals surface area contributed by atoms with Crippen molar-refractivity contribution in [1.82, 2.24) is 0 Å². The third-order valence-corrected chi connectivity index (χ3v) is 9.90. The highest BCUT2D eigenvalue weighted by molar-refractivity contribution is 7.53. The number of aliphatic hydroxyl groups excluding tert-OH is 3. The summed E-state index contributed by atoms with van der Waals surface area (Å²) in [6.45, 7) is 2.86. The van der Waals surface area contributed by atoms with Gasteiger partial charge in [0, 0.05) is 0 Å². The number of hydrogen-bond acceptors (Lipinski definition) is 10. The lowest BCUT2D eigenvalue weighted by Crippen LogP contribution is -2.55. The Balaban J connectivity index is 0.00000178. The zero-order valence-corrected chi connectivity index (χ0v) is 32.8. The van der Waals surface area contributed by atoms with Crippen LogP contribution in [0.25, 0.3) is 0 Å². The van der Waals surface area contributed by atoms with Gasteiger partial charge in [-0.25, -0.2) is 8.88 Å². The number of rotatable bonds is 24. The molecule has 0 fully saturated rings. The van der Waals surface area contributed by atoms with Crippen molar-refractivity contribution in [2.45, 2.75) is 122 Å². The van der Waals surface area contributed by atoms with E-state index in [0.717, 1.165) is 49.7 Å². The van der Waals surface area contributed by atoms with Gasteiger partial charge < -0.3 is 54.7 Å². The average Bonchev–Trinajstić information content (AvgIpc) is 3.07. The Morgan fingerprint density at radius 1 is 0.569 bits per heavy atom. The van der Waals surface area contributed by atoms with Crippen LogP contribution in [0, 0.1) is 5.41 Å². The van der Waals surface area contributed by atoms with Gasteiger partial charge in [-0.05, 0) is 47.9 Å². The second-order valence-electron chi connectivity index (χ2n) is 12.6. The first-order chi connectivity index (χ1) is 24.2. The van der Waals surface area contributed by atoms with Crippen LogP contribution in [0.15, 0.2) is 48.5 Å². The van der Waals surface area contributed by atoms with Crippen molar-refractivity contribution in [3.8, 4) is 0 Å². The van der Waals surface area contributed by atoms with Crippen LogP contribution in [0.1, 0.15) is 126 Å². The number of unbranched alkanes of at least 4 members (excludes halogenated alkanes) is 12. The van der Waals surface area contributed by atoms with Crippen molar-refractivity contribution < 1.29 is 63.6 Å². The maximum absolute atomic E-state index is 12.7. The fraction of sp³-hybridized carbons (Fsp3) is 0.657. The van der Waals surface area contributed by atoms with E-state index in [1.54, 1.807) is 0 Å². The van der Waals surface area contributed by atoms with E-state index in [9.17, 15) is 20.4 Å². The van der Waals surface area contributed by atoms with E-state index in [4.69, 9.17) is 38.8 Å². The summed E-state index contributed by atoms with van der Waals surface area (Å²) in [5, 5.41) is 44.5. The molecule has 0 aliphatic heterocycles. The molecule has 0 aliphatic rings. The molecule has 2 aromatic rings. The quantitative estimate of drug-likeness (QED) is 0.0434. The van der Waals surface area contributed by atoms with Gasteiger partial charge in [0.2, 0.25) is 0 Å². The predicted octanol–water partition coefficient (Wildman–Crippen LogP) is 5.97. The molecule has 0 spiro atoms. The zero-order chi connectivity index (χ0) is 38.8. The Morgan fingerprint density at radius 2 is 0.863 bits per heavy atom. The summed E-state index contributed by atoms with van der Waals surface area (Å²) >= 11 is 0. The molecule has 0 heterocycles. The third kappa shape index (κ3) is 20.3. The van der Waals surface area contributed by atoms with Gasteiger partial charge in [-0.2, -0.15) is 0 Å². The molecule has 0 unspecified atom stereocenters. The summed E-state index contributed by atoms with van der Waals surface area (Å²) in [4.78, 5) is 52.8. The summed E-state index contributed by atoms with van der Waals surface area (Å²) in [6.07, 6.45) is 18.5. The second kappa shape index (κ2) is 28.5. The van der Waals surface area contributed by atoms with Crippen LogP contribution in [0.4, 0.5) is 0 Å². The van der Waals surface area contributed by atoms with E-state index in [1.165, 1.54) is 64.2 Å². The van der Waals surface area contributed by atoms with Crippen LogP contribution >= 0.6 is 25.0 Å². The molecule has 0 saturated heterocycles. The van der Waals surface area contributed by atoms with Gasteiger partial charge in [0.1, 0.15) is 5.60 Å². The van der Waals surface area contributed by atoms with Gasteiger partial charge in [-0.1, -0.05) is 139 Å². The summed E-state index contributed by atoms with van der Waals surface area (Å²) in [5.74, 6) is 0. The summed E-state index contributed by atoms with van der Waals surface area (Å²) in [7, 11) is -9.86. The standard InChI is InChI=1S/C35H56O4.H4O5P2.H3O4P/c1-3-5-7-9-11-13-15-21-30-23-17-19-25-32(30)35(39,34(27-36,28-37)29-38)33-26-20-18-24-31(33)22-16-14-12-10-8-6-4-2;1-6(2)5-7(3)4;1-5(2,3)4/h17-20,23-26,36-39H,3-16,21-22,27-29H2,1-2H3;1-4H;(H3,1,2,3,4). The minimum Gasteiger partial charge on any atom is -0.395 e. The van der Waals surface area contributed by atoms with Crippen LogP contribution in [0.2, 0.25) is 0 Å². The lowest BCUT2D eigenvalue weighted by atomic mass is 9.63. The Hall–Kier alpha value is -0.950. The van der Waals surface area contributed by atoms with Crippen LogP contribution in [0.5, 0.6) is 0 Å². The van der Waals surface area contributed by atoms with Gasteiger partial charge in [-0.15, -0.1) is 0 Å². The first kappa shape index (κ1) is 50.1. The van der Waals surface area contributed by atoms with Crippen molar-refractivity contribution in [3.63, 3.8) is 0 Å².